The van der Waals surface area contributed by atoms with Gasteiger partial charge in [0.2, 0.25) is 5.88 Å². The summed E-state index contributed by atoms with van der Waals surface area (Å²) in [5, 5.41) is 1.43. The fraction of sp³-hybridized carbons (Fsp3) is 0.188. The fourth-order valence-corrected chi connectivity index (χ4v) is 2.28. The molecule has 0 saturated carbocycles. The molecule has 0 saturated heterocycles. The lowest BCUT2D eigenvalue weighted by Gasteiger charge is -2.11. The van der Waals surface area contributed by atoms with Crippen LogP contribution in [0.25, 0.3) is 10.9 Å². The SMILES string of the molecule is Cc1ccc2cccc(Oc3nc(C)nc(Cl)c3C)c2n1. The number of hydrogen-bond donors (Lipinski definition) is 0. The van der Waals surface area contributed by atoms with Gasteiger partial charge in [-0.1, -0.05) is 29.8 Å². The number of nitrogens with zero attached hydrogens (tertiary/aromatic N) is 3. The Hall–Kier alpha value is -2.20. The van der Waals surface area contributed by atoms with Crippen molar-refractivity contribution < 1.29 is 4.74 Å². The maximum absolute atomic E-state index is 6.08. The molecule has 0 fully saturated rings. The third-order valence-corrected chi connectivity index (χ3v) is 3.55. The number of rotatable bonds is 2. The van der Waals surface area contributed by atoms with Gasteiger partial charge in [-0.15, -0.1) is 0 Å². The second-order valence-corrected chi connectivity index (χ2v) is 5.23. The zero-order chi connectivity index (χ0) is 15.0. The Kier molecular flexibility index (Phi) is 3.47. The second-order valence-electron chi connectivity index (χ2n) is 4.87. The average molecular weight is 300 g/mol. The molecule has 3 aromatic rings. The van der Waals surface area contributed by atoms with Crippen molar-refractivity contribution in [3.8, 4) is 11.6 Å². The molecule has 0 spiro atoms. The number of aryl methyl sites for hydroxylation is 2. The first kappa shape index (κ1) is 13.8. The van der Waals surface area contributed by atoms with Gasteiger partial charge >= 0.3 is 0 Å². The number of ether oxygens (including phenoxy) is 1. The van der Waals surface area contributed by atoms with E-state index in [1.54, 1.807) is 6.92 Å². The first-order valence-corrected chi connectivity index (χ1v) is 6.97. The van der Waals surface area contributed by atoms with Gasteiger partial charge in [0.05, 0.1) is 0 Å². The molecule has 2 heterocycles. The Bertz CT molecular complexity index is 833. The van der Waals surface area contributed by atoms with E-state index in [9.17, 15) is 0 Å². The van der Waals surface area contributed by atoms with Crippen LogP contribution in [0.5, 0.6) is 11.6 Å². The van der Waals surface area contributed by atoms with E-state index >= 15 is 0 Å². The van der Waals surface area contributed by atoms with Crippen molar-refractivity contribution in [2.24, 2.45) is 0 Å². The number of hydrogen-bond acceptors (Lipinski definition) is 4. The van der Waals surface area contributed by atoms with E-state index in [4.69, 9.17) is 16.3 Å². The lowest BCUT2D eigenvalue weighted by Crippen LogP contribution is -1.98. The van der Waals surface area contributed by atoms with Crippen LogP contribution in [-0.2, 0) is 0 Å². The van der Waals surface area contributed by atoms with E-state index in [0.29, 0.717) is 28.2 Å². The number of halogens is 1. The number of pyridine rings is 1. The van der Waals surface area contributed by atoms with Crippen molar-refractivity contribution in [1.29, 1.82) is 0 Å². The molecule has 106 valence electrons. The van der Waals surface area contributed by atoms with Crippen LogP contribution in [0.15, 0.2) is 30.3 Å². The lowest BCUT2D eigenvalue weighted by molar-refractivity contribution is 0.459. The van der Waals surface area contributed by atoms with Gasteiger partial charge in [-0.2, -0.15) is 4.98 Å². The van der Waals surface area contributed by atoms with Crippen molar-refractivity contribution in [2.45, 2.75) is 20.8 Å². The zero-order valence-electron chi connectivity index (χ0n) is 12.0. The van der Waals surface area contributed by atoms with Gasteiger partial charge in [0.1, 0.15) is 16.5 Å². The number of para-hydroxylation sites is 1. The summed E-state index contributed by atoms with van der Waals surface area (Å²) in [6, 6.07) is 9.80. The van der Waals surface area contributed by atoms with Gasteiger partial charge in [-0.05, 0) is 32.9 Å². The second kappa shape index (κ2) is 5.30. The molecule has 5 heteroatoms. The normalized spacial score (nSPS) is 10.9. The zero-order valence-corrected chi connectivity index (χ0v) is 12.8. The van der Waals surface area contributed by atoms with Gasteiger partial charge in [0.15, 0.2) is 5.75 Å². The van der Waals surface area contributed by atoms with Gasteiger partial charge < -0.3 is 4.74 Å². The maximum atomic E-state index is 6.08. The first-order valence-electron chi connectivity index (χ1n) is 6.59. The Labute approximate surface area is 127 Å². The standard InChI is InChI=1S/C16H14ClN3O/c1-9-7-8-12-5-4-6-13(14(12)18-9)21-16-10(2)15(17)19-11(3)20-16/h4-8H,1-3H3. The molecule has 0 aliphatic heterocycles. The molecule has 0 radical (unpaired) electrons. The van der Waals surface area contributed by atoms with E-state index in [1.165, 1.54) is 0 Å². The Morgan fingerprint density at radius 2 is 1.76 bits per heavy atom. The average Bonchev–Trinajstić information content (AvgIpc) is 2.45. The molecule has 0 aliphatic rings. The number of aromatic nitrogens is 3. The van der Waals surface area contributed by atoms with Crippen LogP contribution in [0, 0.1) is 20.8 Å². The molecule has 0 bridgehead atoms. The summed E-state index contributed by atoms with van der Waals surface area (Å²) in [6.45, 7) is 5.57. The summed E-state index contributed by atoms with van der Waals surface area (Å²) in [6.07, 6.45) is 0. The minimum atomic E-state index is 0.405. The Balaban J connectivity index is 2.12. The Morgan fingerprint density at radius 3 is 2.57 bits per heavy atom. The minimum Gasteiger partial charge on any atom is -0.436 e. The molecular formula is C16H14ClN3O. The quantitative estimate of drug-likeness (QED) is 0.658. The van der Waals surface area contributed by atoms with Gasteiger partial charge in [0.25, 0.3) is 0 Å². The number of benzene rings is 1. The maximum Gasteiger partial charge on any atom is 0.227 e. The van der Waals surface area contributed by atoms with Crippen LogP contribution in [-0.4, -0.2) is 15.0 Å². The third kappa shape index (κ3) is 2.67. The molecule has 2 aromatic heterocycles. The molecule has 0 amide bonds. The molecule has 0 unspecified atom stereocenters. The van der Waals surface area contributed by atoms with Crippen molar-refractivity contribution in [1.82, 2.24) is 15.0 Å². The largest absolute Gasteiger partial charge is 0.436 e. The predicted molar refractivity (Wildman–Crippen MR) is 83.1 cm³/mol. The highest BCUT2D eigenvalue weighted by Crippen LogP contribution is 2.31. The van der Waals surface area contributed by atoms with E-state index < -0.39 is 0 Å². The highest BCUT2D eigenvalue weighted by molar-refractivity contribution is 6.30. The van der Waals surface area contributed by atoms with Crippen molar-refractivity contribution in [3.63, 3.8) is 0 Å². The highest BCUT2D eigenvalue weighted by Gasteiger charge is 2.12. The van der Waals surface area contributed by atoms with Crippen molar-refractivity contribution in [2.75, 3.05) is 0 Å². The summed E-state index contributed by atoms with van der Waals surface area (Å²) in [5.74, 6) is 1.70. The molecule has 0 N–H and O–H groups in total. The summed E-state index contributed by atoms with van der Waals surface area (Å²) in [4.78, 5) is 13.0. The van der Waals surface area contributed by atoms with Gasteiger partial charge in [-0.3, -0.25) is 0 Å². The van der Waals surface area contributed by atoms with Crippen LogP contribution in [0.1, 0.15) is 17.1 Å². The monoisotopic (exact) mass is 299 g/mol. The summed E-state index contributed by atoms with van der Waals surface area (Å²) in [7, 11) is 0. The van der Waals surface area contributed by atoms with Crippen LogP contribution in [0.3, 0.4) is 0 Å². The summed E-state index contributed by atoms with van der Waals surface area (Å²) in [5.41, 5.74) is 2.46. The smallest absolute Gasteiger partial charge is 0.227 e. The van der Waals surface area contributed by atoms with Crippen LogP contribution in [0.2, 0.25) is 5.15 Å². The molecule has 4 nitrogen and oxygen atoms in total. The molecule has 3 rings (SSSR count). The molecule has 21 heavy (non-hydrogen) atoms. The first-order chi connectivity index (χ1) is 10.0. The predicted octanol–water partition coefficient (Wildman–Crippen LogP) is 4.40. The summed E-state index contributed by atoms with van der Waals surface area (Å²) >= 11 is 6.08. The van der Waals surface area contributed by atoms with Gasteiger partial charge in [-0.25, -0.2) is 9.97 Å². The molecule has 0 atom stereocenters. The summed E-state index contributed by atoms with van der Waals surface area (Å²) < 4.78 is 5.94. The topological polar surface area (TPSA) is 47.9 Å². The van der Waals surface area contributed by atoms with E-state index in [2.05, 4.69) is 15.0 Å². The van der Waals surface area contributed by atoms with Crippen LogP contribution < -0.4 is 4.74 Å². The van der Waals surface area contributed by atoms with E-state index in [-0.39, 0.29) is 0 Å². The minimum absolute atomic E-state index is 0.405. The fourth-order valence-electron chi connectivity index (χ4n) is 2.07. The van der Waals surface area contributed by atoms with Crippen molar-refractivity contribution in [3.05, 3.63) is 52.6 Å². The molecular weight excluding hydrogens is 286 g/mol. The Morgan fingerprint density at radius 1 is 0.952 bits per heavy atom. The lowest BCUT2D eigenvalue weighted by atomic mass is 10.2. The molecule has 0 aliphatic carbocycles. The third-order valence-electron chi connectivity index (χ3n) is 3.18. The molecule has 1 aromatic carbocycles. The van der Waals surface area contributed by atoms with E-state index in [0.717, 1.165) is 16.6 Å². The highest BCUT2D eigenvalue weighted by atomic mass is 35.5. The van der Waals surface area contributed by atoms with Crippen molar-refractivity contribution >= 4 is 22.5 Å². The van der Waals surface area contributed by atoms with Crippen LogP contribution in [0.4, 0.5) is 0 Å². The van der Waals surface area contributed by atoms with E-state index in [1.807, 2.05) is 44.2 Å². The number of fused-ring (bicyclic) bond motifs is 1. The van der Waals surface area contributed by atoms with Gasteiger partial charge in [0, 0.05) is 16.6 Å². The van der Waals surface area contributed by atoms with Crippen LogP contribution >= 0.6 is 11.6 Å².